The number of amides is 1. The lowest BCUT2D eigenvalue weighted by Gasteiger charge is -2.32. The van der Waals surface area contributed by atoms with E-state index in [-0.39, 0.29) is 11.9 Å². The number of benzene rings is 2. The normalized spacial score (nSPS) is 14.3. The van der Waals surface area contributed by atoms with E-state index in [0.717, 1.165) is 60.1 Å². The maximum atomic E-state index is 12.4. The summed E-state index contributed by atoms with van der Waals surface area (Å²) in [6.07, 6.45) is 2.16. The van der Waals surface area contributed by atoms with Crippen LogP contribution in [0, 0.1) is 0 Å². The Morgan fingerprint density at radius 1 is 1.06 bits per heavy atom. The van der Waals surface area contributed by atoms with Gasteiger partial charge >= 0.3 is 0 Å². The van der Waals surface area contributed by atoms with E-state index in [9.17, 15) is 4.79 Å². The zero-order valence-electron chi connectivity index (χ0n) is 17.9. The Morgan fingerprint density at radius 3 is 2.52 bits per heavy atom. The lowest BCUT2D eigenvalue weighted by atomic mass is 10.0. The van der Waals surface area contributed by atoms with Gasteiger partial charge in [0.05, 0.1) is 26.3 Å². The van der Waals surface area contributed by atoms with E-state index in [4.69, 9.17) is 9.47 Å². The molecule has 1 saturated heterocycles. The van der Waals surface area contributed by atoms with Gasteiger partial charge in [0.1, 0.15) is 11.5 Å². The van der Waals surface area contributed by atoms with Crippen molar-refractivity contribution in [2.75, 3.05) is 32.2 Å². The maximum Gasteiger partial charge on any atom is 0.224 e. The first-order valence-electron chi connectivity index (χ1n) is 10.5. The second kappa shape index (κ2) is 9.55. The fourth-order valence-electron chi connectivity index (χ4n) is 3.89. The molecule has 7 nitrogen and oxygen atoms in total. The van der Waals surface area contributed by atoms with Gasteiger partial charge in [-0.15, -0.1) is 0 Å². The van der Waals surface area contributed by atoms with Gasteiger partial charge in [-0.05, 0) is 60.4 Å². The minimum absolute atomic E-state index is 0.0493. The second-order valence-corrected chi connectivity index (χ2v) is 7.73. The van der Waals surface area contributed by atoms with E-state index in [0.29, 0.717) is 6.42 Å². The van der Waals surface area contributed by atoms with Crippen molar-refractivity contribution < 1.29 is 14.3 Å². The molecule has 7 heteroatoms. The number of aromatic amines is 1. The molecule has 1 aliphatic heterocycles. The Bertz CT molecular complexity index is 1010. The van der Waals surface area contributed by atoms with Crippen LogP contribution >= 0.6 is 0 Å². The van der Waals surface area contributed by atoms with Crippen LogP contribution in [-0.2, 0) is 11.2 Å². The number of methoxy groups -OCH3 is 2. The van der Waals surface area contributed by atoms with Gasteiger partial charge < -0.3 is 19.7 Å². The molecule has 2 aromatic carbocycles. The fourth-order valence-corrected chi connectivity index (χ4v) is 3.89. The monoisotopic (exact) mass is 420 g/mol. The lowest BCUT2D eigenvalue weighted by molar-refractivity contribution is -0.121. The van der Waals surface area contributed by atoms with Gasteiger partial charge in [0, 0.05) is 25.2 Å². The van der Waals surface area contributed by atoms with Crippen LogP contribution in [0.15, 0.2) is 54.6 Å². The number of rotatable bonds is 7. The van der Waals surface area contributed by atoms with Crippen LogP contribution in [0.1, 0.15) is 18.4 Å². The van der Waals surface area contributed by atoms with E-state index in [2.05, 4.69) is 26.5 Å². The van der Waals surface area contributed by atoms with Crippen molar-refractivity contribution in [2.45, 2.75) is 25.3 Å². The molecule has 0 saturated carbocycles. The number of ether oxygens (including phenoxy) is 2. The van der Waals surface area contributed by atoms with Gasteiger partial charge in [-0.3, -0.25) is 9.89 Å². The summed E-state index contributed by atoms with van der Waals surface area (Å²) < 4.78 is 10.4. The summed E-state index contributed by atoms with van der Waals surface area (Å²) in [6.45, 7) is 1.72. The van der Waals surface area contributed by atoms with Crippen LogP contribution in [0.25, 0.3) is 11.3 Å². The van der Waals surface area contributed by atoms with Gasteiger partial charge in [-0.25, -0.2) is 0 Å². The summed E-state index contributed by atoms with van der Waals surface area (Å²) in [4.78, 5) is 14.7. The second-order valence-electron chi connectivity index (χ2n) is 7.73. The Hall–Kier alpha value is -3.48. The third kappa shape index (κ3) is 5.17. The molecule has 0 unspecified atom stereocenters. The van der Waals surface area contributed by atoms with Crippen LogP contribution in [0.2, 0.25) is 0 Å². The molecule has 0 atom stereocenters. The third-order valence-electron chi connectivity index (χ3n) is 5.65. The van der Waals surface area contributed by atoms with Crippen LogP contribution < -0.4 is 19.7 Å². The number of carbonyl (C=O) groups excluding carboxylic acids is 1. The van der Waals surface area contributed by atoms with Gasteiger partial charge in [0.15, 0.2) is 5.82 Å². The van der Waals surface area contributed by atoms with Gasteiger partial charge in [-0.2, -0.15) is 5.10 Å². The molecular weight excluding hydrogens is 392 g/mol. The van der Waals surface area contributed by atoms with Crippen LogP contribution in [0.4, 0.5) is 5.82 Å². The van der Waals surface area contributed by atoms with Crippen molar-refractivity contribution >= 4 is 11.7 Å². The van der Waals surface area contributed by atoms with Crippen molar-refractivity contribution in [3.05, 3.63) is 60.2 Å². The van der Waals surface area contributed by atoms with Crippen LogP contribution in [-0.4, -0.2) is 49.5 Å². The molecule has 4 rings (SSSR count). The number of aromatic nitrogens is 2. The number of hydrogen-bond donors (Lipinski definition) is 2. The summed E-state index contributed by atoms with van der Waals surface area (Å²) >= 11 is 0. The van der Waals surface area contributed by atoms with Crippen LogP contribution in [0.5, 0.6) is 11.5 Å². The molecule has 162 valence electrons. The maximum absolute atomic E-state index is 12.4. The average molecular weight is 421 g/mol. The Balaban J connectivity index is 1.28. The molecule has 2 N–H and O–H groups in total. The zero-order valence-corrected chi connectivity index (χ0v) is 17.9. The number of anilines is 1. The number of H-pyrrole nitrogens is 1. The highest BCUT2D eigenvalue weighted by Gasteiger charge is 2.22. The summed E-state index contributed by atoms with van der Waals surface area (Å²) in [6, 6.07) is 17.8. The standard InChI is InChI=1S/C24H28N4O3/c1-30-20-8-6-18(7-9-20)22-16-23(27-26-22)28-12-10-19(11-13-28)25-24(29)15-17-4-3-5-21(14-17)31-2/h3-9,14,16,19H,10-13,15H2,1-2H3,(H,25,29)(H,26,27). The largest absolute Gasteiger partial charge is 0.497 e. The molecule has 1 aromatic heterocycles. The topological polar surface area (TPSA) is 79.5 Å². The Kier molecular flexibility index (Phi) is 6.40. The third-order valence-corrected chi connectivity index (χ3v) is 5.65. The fraction of sp³-hybridized carbons (Fsp3) is 0.333. The highest BCUT2D eigenvalue weighted by molar-refractivity contribution is 5.79. The summed E-state index contributed by atoms with van der Waals surface area (Å²) in [5.41, 5.74) is 3.00. The predicted octanol–water partition coefficient (Wildman–Crippen LogP) is 3.42. The molecule has 1 aliphatic rings. The molecule has 0 aliphatic carbocycles. The molecule has 0 bridgehead atoms. The SMILES string of the molecule is COc1ccc(-c2cc(N3CCC(NC(=O)Cc4cccc(OC)c4)CC3)n[nH]2)cc1. The van der Waals surface area contributed by atoms with Crippen molar-refractivity contribution in [1.82, 2.24) is 15.5 Å². The first-order chi connectivity index (χ1) is 15.1. The minimum atomic E-state index is 0.0493. The Morgan fingerprint density at radius 2 is 1.81 bits per heavy atom. The lowest BCUT2D eigenvalue weighted by Crippen LogP contribution is -2.45. The summed E-state index contributed by atoms with van der Waals surface area (Å²) in [5.74, 6) is 2.59. The zero-order chi connectivity index (χ0) is 21.6. The summed E-state index contributed by atoms with van der Waals surface area (Å²) in [5, 5.41) is 10.8. The molecule has 0 radical (unpaired) electrons. The van der Waals surface area contributed by atoms with E-state index in [1.807, 2.05) is 48.5 Å². The first kappa shape index (κ1) is 20.8. The number of nitrogens with zero attached hydrogens (tertiary/aromatic N) is 2. The molecule has 3 aromatic rings. The quantitative estimate of drug-likeness (QED) is 0.612. The highest BCUT2D eigenvalue weighted by Crippen LogP contribution is 2.25. The van der Waals surface area contributed by atoms with Crippen LogP contribution in [0.3, 0.4) is 0 Å². The molecule has 2 heterocycles. The van der Waals surface area contributed by atoms with E-state index in [1.54, 1.807) is 14.2 Å². The molecule has 31 heavy (non-hydrogen) atoms. The van der Waals surface area contributed by atoms with E-state index < -0.39 is 0 Å². The van der Waals surface area contributed by atoms with Gasteiger partial charge in [-0.1, -0.05) is 12.1 Å². The molecular formula is C24H28N4O3. The average Bonchev–Trinajstić information content (AvgIpc) is 3.30. The van der Waals surface area contributed by atoms with Crippen molar-refractivity contribution in [1.29, 1.82) is 0 Å². The number of carbonyl (C=O) groups is 1. The molecule has 1 amide bonds. The Labute approximate surface area is 182 Å². The first-order valence-corrected chi connectivity index (χ1v) is 10.5. The smallest absolute Gasteiger partial charge is 0.224 e. The summed E-state index contributed by atoms with van der Waals surface area (Å²) in [7, 11) is 3.29. The van der Waals surface area contributed by atoms with Gasteiger partial charge in [0.25, 0.3) is 0 Å². The molecule has 0 spiro atoms. The minimum Gasteiger partial charge on any atom is -0.497 e. The van der Waals surface area contributed by atoms with E-state index >= 15 is 0 Å². The molecule has 1 fully saturated rings. The van der Waals surface area contributed by atoms with Crippen molar-refractivity contribution in [3.63, 3.8) is 0 Å². The highest BCUT2D eigenvalue weighted by atomic mass is 16.5. The van der Waals surface area contributed by atoms with Gasteiger partial charge in [0.2, 0.25) is 5.91 Å². The number of piperidine rings is 1. The van der Waals surface area contributed by atoms with Crippen molar-refractivity contribution in [3.8, 4) is 22.8 Å². The van der Waals surface area contributed by atoms with Crippen molar-refractivity contribution in [2.24, 2.45) is 0 Å². The number of nitrogens with one attached hydrogen (secondary N) is 2. The predicted molar refractivity (Wildman–Crippen MR) is 121 cm³/mol. The number of hydrogen-bond acceptors (Lipinski definition) is 5. The van der Waals surface area contributed by atoms with E-state index in [1.165, 1.54) is 0 Å².